The first-order valence-corrected chi connectivity index (χ1v) is 10.0. The zero-order valence-corrected chi connectivity index (χ0v) is 15.1. The molecule has 1 aliphatic rings. The maximum Gasteiger partial charge on any atom is 0.251 e. The van der Waals surface area contributed by atoms with Crippen molar-refractivity contribution in [1.29, 1.82) is 0 Å². The molecule has 3 rings (SSSR count). The molecule has 1 fully saturated rings. The van der Waals surface area contributed by atoms with Crippen LogP contribution in [-0.2, 0) is 16.6 Å². The lowest BCUT2D eigenvalue weighted by molar-refractivity contribution is 0.0951. The molecule has 0 unspecified atom stereocenters. The highest BCUT2D eigenvalue weighted by atomic mass is 32.2. The second kappa shape index (κ2) is 7.27. The summed E-state index contributed by atoms with van der Waals surface area (Å²) in [7, 11) is -3.28. The maximum atomic E-state index is 12.4. The number of nitrogens with zero attached hydrogens (tertiary/aromatic N) is 1. The van der Waals surface area contributed by atoms with Crippen molar-refractivity contribution >= 4 is 21.6 Å². The molecule has 0 spiro atoms. The molecule has 0 aromatic heterocycles. The van der Waals surface area contributed by atoms with Crippen molar-refractivity contribution in [3.05, 3.63) is 65.2 Å². The summed E-state index contributed by atoms with van der Waals surface area (Å²) < 4.78 is 25.9. The van der Waals surface area contributed by atoms with Crippen LogP contribution in [0.4, 0.5) is 5.69 Å². The van der Waals surface area contributed by atoms with Crippen molar-refractivity contribution in [2.45, 2.75) is 26.3 Å². The molecule has 0 bridgehead atoms. The summed E-state index contributed by atoms with van der Waals surface area (Å²) in [6, 6.07) is 14.7. The summed E-state index contributed by atoms with van der Waals surface area (Å²) in [5.41, 5.74) is 3.21. The Morgan fingerprint density at radius 1 is 1.12 bits per heavy atom. The highest BCUT2D eigenvalue weighted by Crippen LogP contribution is 2.24. The summed E-state index contributed by atoms with van der Waals surface area (Å²) in [6.45, 7) is 2.91. The number of hydrogen-bond donors (Lipinski definition) is 1. The van der Waals surface area contributed by atoms with Crippen LogP contribution in [0.5, 0.6) is 0 Å². The summed E-state index contributed by atoms with van der Waals surface area (Å²) in [5.74, 6) is -0.0454. The summed E-state index contributed by atoms with van der Waals surface area (Å²) in [5, 5.41) is 2.90. The summed E-state index contributed by atoms with van der Waals surface area (Å²) >= 11 is 0. The highest BCUT2D eigenvalue weighted by Gasteiger charge is 2.26. The van der Waals surface area contributed by atoms with Crippen molar-refractivity contribution < 1.29 is 13.2 Å². The summed E-state index contributed by atoms with van der Waals surface area (Å²) in [4.78, 5) is 12.4. The molecular weight excluding hydrogens is 336 g/mol. The van der Waals surface area contributed by atoms with Crippen molar-refractivity contribution in [2.24, 2.45) is 0 Å². The predicted octanol–water partition coefficient (Wildman–Crippen LogP) is 2.86. The van der Waals surface area contributed by atoms with E-state index in [0.29, 0.717) is 30.8 Å². The van der Waals surface area contributed by atoms with Crippen molar-refractivity contribution in [2.75, 3.05) is 16.6 Å². The first kappa shape index (κ1) is 17.5. The minimum absolute atomic E-state index is 0.163. The molecular formula is C19H22N2O3S. The normalized spacial score (nSPS) is 16.4. The fraction of sp³-hybridized carbons (Fsp3) is 0.316. The van der Waals surface area contributed by atoms with Crippen LogP contribution < -0.4 is 9.62 Å². The number of rotatable bonds is 4. The smallest absolute Gasteiger partial charge is 0.251 e. The van der Waals surface area contributed by atoms with E-state index in [1.165, 1.54) is 4.31 Å². The van der Waals surface area contributed by atoms with Crippen molar-refractivity contribution in [3.63, 3.8) is 0 Å². The second-order valence-electron chi connectivity index (χ2n) is 6.25. The molecule has 1 aliphatic heterocycles. The largest absolute Gasteiger partial charge is 0.348 e. The molecule has 1 N–H and O–H groups in total. The highest BCUT2D eigenvalue weighted by molar-refractivity contribution is 7.92. The number of sulfonamides is 1. The first-order valence-electron chi connectivity index (χ1n) is 8.40. The molecule has 132 valence electrons. The van der Waals surface area contributed by atoms with Crippen molar-refractivity contribution in [1.82, 2.24) is 5.32 Å². The molecule has 2 aromatic rings. The third-order valence-corrected chi connectivity index (χ3v) is 6.32. The van der Waals surface area contributed by atoms with Crippen LogP contribution in [0.2, 0.25) is 0 Å². The molecule has 25 heavy (non-hydrogen) atoms. The average molecular weight is 358 g/mol. The van der Waals surface area contributed by atoms with E-state index in [9.17, 15) is 13.2 Å². The minimum atomic E-state index is -3.28. The SMILES string of the molecule is Cc1ccccc1CNC(=O)c1cccc(N2CCCCS2(=O)=O)c1. The van der Waals surface area contributed by atoms with E-state index in [0.717, 1.165) is 17.5 Å². The van der Waals surface area contributed by atoms with Gasteiger partial charge in [0.15, 0.2) is 0 Å². The van der Waals surface area contributed by atoms with Gasteiger partial charge in [-0.05, 0) is 49.1 Å². The number of amides is 1. The topological polar surface area (TPSA) is 66.5 Å². The molecule has 5 nitrogen and oxygen atoms in total. The van der Waals surface area contributed by atoms with Gasteiger partial charge in [0.2, 0.25) is 10.0 Å². The zero-order valence-electron chi connectivity index (χ0n) is 14.2. The van der Waals surface area contributed by atoms with Crippen LogP contribution in [0.25, 0.3) is 0 Å². The van der Waals surface area contributed by atoms with Gasteiger partial charge in [0.1, 0.15) is 0 Å². The lowest BCUT2D eigenvalue weighted by Crippen LogP contribution is -2.38. The standard InChI is InChI=1S/C19H22N2O3S/c1-15-7-2-3-8-17(15)14-20-19(22)16-9-6-10-18(13-16)21-11-4-5-12-25(21,23)24/h2-3,6-10,13H,4-5,11-12,14H2,1H3,(H,20,22). The predicted molar refractivity (Wildman–Crippen MR) is 99.2 cm³/mol. The van der Waals surface area contributed by atoms with Gasteiger partial charge in [-0.15, -0.1) is 0 Å². The van der Waals surface area contributed by atoms with Crippen LogP contribution in [0.15, 0.2) is 48.5 Å². The van der Waals surface area contributed by atoms with Gasteiger partial charge >= 0.3 is 0 Å². The van der Waals surface area contributed by atoms with E-state index in [1.54, 1.807) is 24.3 Å². The lowest BCUT2D eigenvalue weighted by atomic mass is 10.1. The van der Waals surface area contributed by atoms with Crippen molar-refractivity contribution in [3.8, 4) is 0 Å². The Balaban J connectivity index is 1.75. The van der Waals surface area contributed by atoms with E-state index < -0.39 is 10.0 Å². The van der Waals surface area contributed by atoms with E-state index in [2.05, 4.69) is 5.32 Å². The molecule has 0 saturated carbocycles. The fourth-order valence-electron chi connectivity index (χ4n) is 2.97. The quantitative estimate of drug-likeness (QED) is 0.914. The van der Waals surface area contributed by atoms with E-state index in [1.807, 2.05) is 31.2 Å². The third-order valence-electron chi connectivity index (χ3n) is 4.45. The van der Waals surface area contributed by atoms with E-state index in [-0.39, 0.29) is 11.7 Å². The maximum absolute atomic E-state index is 12.4. The molecule has 1 heterocycles. The number of benzene rings is 2. The number of anilines is 1. The Bertz CT molecular complexity index is 878. The number of carbonyl (C=O) groups is 1. The minimum Gasteiger partial charge on any atom is -0.348 e. The Hall–Kier alpha value is -2.34. The van der Waals surface area contributed by atoms with E-state index in [4.69, 9.17) is 0 Å². The van der Waals surface area contributed by atoms with Crippen LogP contribution in [-0.4, -0.2) is 26.6 Å². The molecule has 1 amide bonds. The molecule has 1 saturated heterocycles. The van der Waals surface area contributed by atoms with Gasteiger partial charge in [0.25, 0.3) is 5.91 Å². The lowest BCUT2D eigenvalue weighted by Gasteiger charge is -2.28. The number of aryl methyl sites for hydroxylation is 1. The Morgan fingerprint density at radius 3 is 2.68 bits per heavy atom. The Morgan fingerprint density at radius 2 is 1.92 bits per heavy atom. The van der Waals surface area contributed by atoms with Crippen LogP contribution in [0.3, 0.4) is 0 Å². The van der Waals surface area contributed by atoms with Gasteiger partial charge in [-0.1, -0.05) is 30.3 Å². The van der Waals surface area contributed by atoms with Crippen LogP contribution >= 0.6 is 0 Å². The molecule has 0 aliphatic carbocycles. The second-order valence-corrected chi connectivity index (χ2v) is 8.27. The van der Waals surface area contributed by atoms with Gasteiger partial charge in [-0.2, -0.15) is 0 Å². The van der Waals surface area contributed by atoms with Gasteiger partial charge in [-0.3, -0.25) is 9.10 Å². The number of nitrogens with one attached hydrogen (secondary N) is 1. The number of carbonyl (C=O) groups excluding carboxylic acids is 1. The molecule has 0 atom stereocenters. The average Bonchev–Trinajstić information content (AvgIpc) is 2.60. The van der Waals surface area contributed by atoms with Crippen LogP contribution in [0.1, 0.15) is 34.3 Å². The van der Waals surface area contributed by atoms with Gasteiger partial charge in [-0.25, -0.2) is 8.42 Å². The summed E-state index contributed by atoms with van der Waals surface area (Å²) in [6.07, 6.45) is 1.53. The number of hydrogen-bond acceptors (Lipinski definition) is 3. The Kier molecular flexibility index (Phi) is 5.08. The monoisotopic (exact) mass is 358 g/mol. The Labute approximate surface area is 148 Å². The molecule has 0 radical (unpaired) electrons. The van der Waals surface area contributed by atoms with Gasteiger partial charge < -0.3 is 5.32 Å². The zero-order chi connectivity index (χ0) is 17.9. The molecule has 2 aromatic carbocycles. The third kappa shape index (κ3) is 4.02. The van der Waals surface area contributed by atoms with E-state index >= 15 is 0 Å². The first-order chi connectivity index (χ1) is 12.0. The fourth-order valence-corrected chi connectivity index (χ4v) is 4.60. The van der Waals surface area contributed by atoms with Gasteiger partial charge in [0, 0.05) is 18.7 Å². The molecule has 6 heteroatoms. The van der Waals surface area contributed by atoms with Gasteiger partial charge in [0.05, 0.1) is 11.4 Å². The van der Waals surface area contributed by atoms with Crippen LogP contribution in [0, 0.1) is 6.92 Å².